The van der Waals surface area contributed by atoms with Gasteiger partial charge in [0, 0.05) is 38.6 Å². The van der Waals surface area contributed by atoms with E-state index in [9.17, 15) is 4.79 Å². The number of hydrogen-bond donors (Lipinski definition) is 0. The molecular formula is C20H20N6O3. The number of benzene rings is 1. The smallest absolute Gasteiger partial charge is 0.267 e. The van der Waals surface area contributed by atoms with Gasteiger partial charge in [-0.1, -0.05) is 12.1 Å². The van der Waals surface area contributed by atoms with Gasteiger partial charge in [0.1, 0.15) is 6.61 Å². The minimum Gasteiger partial charge on any atom is -0.485 e. The summed E-state index contributed by atoms with van der Waals surface area (Å²) >= 11 is 0. The van der Waals surface area contributed by atoms with E-state index in [-0.39, 0.29) is 12.5 Å². The molecule has 1 atom stereocenters. The van der Waals surface area contributed by atoms with E-state index in [0.717, 1.165) is 5.82 Å². The van der Waals surface area contributed by atoms with E-state index < -0.39 is 6.10 Å². The lowest BCUT2D eigenvalue weighted by Gasteiger charge is -2.37. The van der Waals surface area contributed by atoms with Crippen LogP contribution in [0.1, 0.15) is 0 Å². The first-order valence-electron chi connectivity index (χ1n) is 9.54. The van der Waals surface area contributed by atoms with Crippen LogP contribution in [0, 0.1) is 0 Å². The topological polar surface area (TPSA) is 85.6 Å². The van der Waals surface area contributed by atoms with Crippen LogP contribution in [0.5, 0.6) is 11.5 Å². The molecule has 0 bridgehead atoms. The highest BCUT2D eigenvalue weighted by atomic mass is 16.6. The lowest BCUT2D eigenvalue weighted by molar-refractivity contribution is -0.141. The van der Waals surface area contributed by atoms with Crippen molar-refractivity contribution >= 4 is 11.7 Å². The average molecular weight is 392 g/mol. The Morgan fingerprint density at radius 3 is 2.41 bits per heavy atom. The Morgan fingerprint density at radius 1 is 0.931 bits per heavy atom. The number of ether oxygens (including phenoxy) is 2. The summed E-state index contributed by atoms with van der Waals surface area (Å²) in [5, 5.41) is 12.7. The Labute approximate surface area is 167 Å². The third-order valence-corrected chi connectivity index (χ3v) is 5.07. The predicted molar refractivity (Wildman–Crippen MR) is 104 cm³/mol. The highest BCUT2D eigenvalue weighted by Crippen LogP contribution is 2.31. The molecule has 1 amide bonds. The molecule has 4 heterocycles. The zero-order valence-electron chi connectivity index (χ0n) is 15.7. The van der Waals surface area contributed by atoms with Gasteiger partial charge in [-0.2, -0.15) is 5.10 Å². The van der Waals surface area contributed by atoms with Gasteiger partial charge in [-0.3, -0.25) is 4.79 Å². The average Bonchev–Trinajstić information content (AvgIpc) is 3.33. The molecule has 2 aliphatic heterocycles. The third kappa shape index (κ3) is 3.46. The number of anilines is 1. The number of rotatable bonds is 3. The van der Waals surface area contributed by atoms with Crippen LogP contribution in [0.25, 0.3) is 5.82 Å². The quantitative estimate of drug-likeness (QED) is 0.661. The number of fused-ring (bicyclic) bond motifs is 1. The molecule has 0 radical (unpaired) electrons. The van der Waals surface area contributed by atoms with E-state index in [1.807, 2.05) is 53.6 Å². The van der Waals surface area contributed by atoms with E-state index in [1.165, 1.54) is 0 Å². The number of amides is 1. The molecule has 1 fully saturated rings. The van der Waals surface area contributed by atoms with Gasteiger partial charge in [0.25, 0.3) is 5.91 Å². The van der Waals surface area contributed by atoms with Gasteiger partial charge in [0.2, 0.25) is 6.10 Å². The van der Waals surface area contributed by atoms with Gasteiger partial charge in [-0.25, -0.2) is 4.68 Å². The van der Waals surface area contributed by atoms with Gasteiger partial charge < -0.3 is 19.3 Å². The maximum atomic E-state index is 12.8. The number of piperazine rings is 1. The van der Waals surface area contributed by atoms with Crippen molar-refractivity contribution in [3.63, 3.8) is 0 Å². The SMILES string of the molecule is O=C(C1COc2ccccc2O1)N1CCN(c2ccc(-n3cccn3)nn2)CC1. The maximum Gasteiger partial charge on any atom is 0.267 e. The Balaban J connectivity index is 1.19. The monoisotopic (exact) mass is 392 g/mol. The minimum absolute atomic E-state index is 0.0423. The minimum atomic E-state index is -0.607. The standard InChI is InChI=1S/C20H20N6O3/c27-20(17-14-28-15-4-1-2-5-16(15)29-17)25-12-10-24(11-13-25)18-6-7-19(23-22-18)26-9-3-8-21-26/h1-9,17H,10-14H2. The summed E-state index contributed by atoms with van der Waals surface area (Å²) in [7, 11) is 0. The van der Waals surface area contributed by atoms with Crippen LogP contribution >= 0.6 is 0 Å². The van der Waals surface area contributed by atoms with Crippen LogP contribution in [0.15, 0.2) is 54.9 Å². The molecule has 9 heteroatoms. The Morgan fingerprint density at radius 2 is 1.69 bits per heavy atom. The fourth-order valence-corrected chi connectivity index (χ4v) is 3.51. The van der Waals surface area contributed by atoms with Crippen molar-refractivity contribution in [2.24, 2.45) is 0 Å². The molecule has 1 saturated heterocycles. The highest BCUT2D eigenvalue weighted by Gasteiger charge is 2.32. The molecule has 2 aromatic heterocycles. The summed E-state index contributed by atoms with van der Waals surface area (Å²) in [5.41, 5.74) is 0. The van der Waals surface area contributed by atoms with E-state index in [2.05, 4.69) is 20.2 Å². The molecule has 29 heavy (non-hydrogen) atoms. The first-order chi connectivity index (χ1) is 14.3. The van der Waals surface area contributed by atoms with Crippen LogP contribution in [0.3, 0.4) is 0 Å². The Bertz CT molecular complexity index is 984. The largest absolute Gasteiger partial charge is 0.485 e. The Hall–Kier alpha value is -3.62. The second kappa shape index (κ2) is 7.42. The van der Waals surface area contributed by atoms with Crippen molar-refractivity contribution in [2.45, 2.75) is 6.10 Å². The van der Waals surface area contributed by atoms with Crippen molar-refractivity contribution in [1.29, 1.82) is 0 Å². The summed E-state index contributed by atoms with van der Waals surface area (Å²) < 4.78 is 13.2. The van der Waals surface area contributed by atoms with Crippen LogP contribution in [-0.2, 0) is 4.79 Å². The molecule has 0 N–H and O–H groups in total. The number of nitrogens with zero attached hydrogens (tertiary/aromatic N) is 6. The molecule has 2 aliphatic rings. The molecule has 1 aromatic carbocycles. The van der Waals surface area contributed by atoms with Crippen LogP contribution < -0.4 is 14.4 Å². The van der Waals surface area contributed by atoms with Crippen molar-refractivity contribution in [3.05, 3.63) is 54.9 Å². The van der Waals surface area contributed by atoms with Crippen molar-refractivity contribution in [3.8, 4) is 17.3 Å². The van der Waals surface area contributed by atoms with E-state index in [1.54, 1.807) is 10.9 Å². The normalized spacial score (nSPS) is 18.6. The van der Waals surface area contributed by atoms with Crippen LogP contribution in [0.2, 0.25) is 0 Å². The second-order valence-electron chi connectivity index (χ2n) is 6.88. The van der Waals surface area contributed by atoms with Crippen molar-refractivity contribution < 1.29 is 14.3 Å². The zero-order chi connectivity index (χ0) is 19.6. The van der Waals surface area contributed by atoms with Crippen LogP contribution in [-0.4, -0.2) is 69.7 Å². The molecular weight excluding hydrogens is 372 g/mol. The fraction of sp³-hybridized carbons (Fsp3) is 0.300. The number of para-hydroxylation sites is 2. The molecule has 0 saturated carbocycles. The summed E-state index contributed by atoms with van der Waals surface area (Å²) in [6.07, 6.45) is 2.92. The van der Waals surface area contributed by atoms with Gasteiger partial charge >= 0.3 is 0 Å². The maximum absolute atomic E-state index is 12.8. The second-order valence-corrected chi connectivity index (χ2v) is 6.88. The molecule has 148 valence electrons. The first-order valence-corrected chi connectivity index (χ1v) is 9.54. The van der Waals surface area contributed by atoms with Crippen molar-refractivity contribution in [2.75, 3.05) is 37.7 Å². The molecule has 5 rings (SSSR count). The van der Waals surface area contributed by atoms with Crippen LogP contribution in [0.4, 0.5) is 5.82 Å². The molecule has 0 spiro atoms. The predicted octanol–water partition coefficient (Wildman–Crippen LogP) is 1.15. The summed E-state index contributed by atoms with van der Waals surface area (Å²) in [5.74, 6) is 2.71. The number of carbonyl (C=O) groups excluding carboxylic acids is 1. The first kappa shape index (κ1) is 17.5. The summed E-state index contributed by atoms with van der Waals surface area (Å²) in [6.45, 7) is 2.81. The van der Waals surface area contributed by atoms with Gasteiger partial charge in [0.15, 0.2) is 23.1 Å². The van der Waals surface area contributed by atoms with E-state index >= 15 is 0 Å². The highest BCUT2D eigenvalue weighted by molar-refractivity contribution is 5.82. The van der Waals surface area contributed by atoms with E-state index in [4.69, 9.17) is 9.47 Å². The van der Waals surface area contributed by atoms with E-state index in [0.29, 0.717) is 43.5 Å². The van der Waals surface area contributed by atoms with Gasteiger partial charge in [-0.15, -0.1) is 10.2 Å². The fourth-order valence-electron chi connectivity index (χ4n) is 3.51. The van der Waals surface area contributed by atoms with Crippen molar-refractivity contribution in [1.82, 2.24) is 24.9 Å². The number of aromatic nitrogens is 4. The van der Waals surface area contributed by atoms with Gasteiger partial charge in [-0.05, 0) is 30.3 Å². The molecule has 3 aromatic rings. The van der Waals surface area contributed by atoms with Gasteiger partial charge in [0.05, 0.1) is 0 Å². The third-order valence-electron chi connectivity index (χ3n) is 5.07. The number of hydrogen-bond acceptors (Lipinski definition) is 7. The molecule has 1 unspecified atom stereocenters. The lowest BCUT2D eigenvalue weighted by atomic mass is 10.2. The molecule has 9 nitrogen and oxygen atoms in total. The summed E-state index contributed by atoms with van der Waals surface area (Å²) in [4.78, 5) is 16.8. The zero-order valence-corrected chi connectivity index (χ0v) is 15.7. The lowest BCUT2D eigenvalue weighted by Crippen LogP contribution is -2.54. The summed E-state index contributed by atoms with van der Waals surface area (Å²) in [6, 6.07) is 13.1. The molecule has 0 aliphatic carbocycles. The Kier molecular flexibility index (Phi) is 4.47. The number of carbonyl (C=O) groups is 1.